The normalized spacial score (nSPS) is 13.2. The summed E-state index contributed by atoms with van der Waals surface area (Å²) < 4.78 is 39.4. The molecule has 1 unspecified atom stereocenters. The summed E-state index contributed by atoms with van der Waals surface area (Å²) in [6.45, 7) is 1.80. The lowest BCUT2D eigenvalue weighted by molar-refractivity contribution is -0.137. The van der Waals surface area contributed by atoms with E-state index >= 15 is 0 Å². The number of nitrogens with zero attached hydrogens (tertiary/aromatic N) is 4. The van der Waals surface area contributed by atoms with Gasteiger partial charge in [-0.15, -0.1) is 0 Å². The number of hydrogen-bond acceptors (Lipinski definition) is 5. The third kappa shape index (κ3) is 2.97. The van der Waals surface area contributed by atoms with Crippen LogP contribution in [0.3, 0.4) is 0 Å². The van der Waals surface area contributed by atoms with E-state index in [1.165, 1.54) is 12.1 Å². The molecule has 0 spiro atoms. The number of nitrogens with one attached hydrogen (secondary N) is 1. The third-order valence-corrected chi connectivity index (χ3v) is 3.71. The Kier molecular flexibility index (Phi) is 3.78. The molecule has 0 aliphatic rings. The minimum absolute atomic E-state index is 0.287. The molecule has 3 rings (SSSR count). The third-order valence-electron chi connectivity index (χ3n) is 3.71. The topological polar surface area (TPSA) is 81.6 Å². The fourth-order valence-electron chi connectivity index (χ4n) is 2.35. The molecule has 6 nitrogen and oxygen atoms in total. The van der Waals surface area contributed by atoms with Crippen LogP contribution in [0.1, 0.15) is 24.1 Å². The zero-order valence-electron chi connectivity index (χ0n) is 13.0. The molecule has 24 heavy (non-hydrogen) atoms. The molecule has 3 N–H and O–H groups in total. The lowest BCUT2D eigenvalue weighted by atomic mass is 10.1. The van der Waals surface area contributed by atoms with Crippen molar-refractivity contribution in [1.82, 2.24) is 19.7 Å². The molecule has 2 heterocycles. The van der Waals surface area contributed by atoms with Crippen LogP contribution in [0.4, 0.5) is 24.9 Å². The number of nitrogen functional groups attached to an aromatic ring is 1. The van der Waals surface area contributed by atoms with E-state index in [-0.39, 0.29) is 17.8 Å². The monoisotopic (exact) mass is 336 g/mol. The summed E-state index contributed by atoms with van der Waals surface area (Å²) in [6.07, 6.45) is -2.77. The highest BCUT2D eigenvalue weighted by Crippen LogP contribution is 2.30. The molecule has 0 amide bonds. The maximum Gasteiger partial charge on any atom is 0.416 e. The number of anilines is 2. The molecule has 2 aromatic heterocycles. The average Bonchev–Trinajstić information content (AvgIpc) is 2.88. The van der Waals surface area contributed by atoms with Gasteiger partial charge in [0.05, 0.1) is 23.2 Å². The van der Waals surface area contributed by atoms with Crippen molar-refractivity contribution < 1.29 is 13.2 Å². The predicted octanol–water partition coefficient (Wildman–Crippen LogP) is 3.14. The van der Waals surface area contributed by atoms with Crippen LogP contribution in [-0.2, 0) is 13.2 Å². The van der Waals surface area contributed by atoms with Crippen molar-refractivity contribution in [3.05, 3.63) is 41.6 Å². The number of hydrogen-bond donors (Lipinski definition) is 2. The number of halogens is 3. The van der Waals surface area contributed by atoms with Crippen molar-refractivity contribution in [2.24, 2.45) is 7.05 Å². The summed E-state index contributed by atoms with van der Waals surface area (Å²) in [4.78, 5) is 8.50. The van der Waals surface area contributed by atoms with Crippen LogP contribution in [0.25, 0.3) is 11.0 Å². The number of nitrogens with two attached hydrogens (primary N) is 1. The van der Waals surface area contributed by atoms with Crippen LogP contribution in [-0.4, -0.2) is 19.7 Å². The zero-order valence-corrected chi connectivity index (χ0v) is 13.0. The second-order valence-electron chi connectivity index (χ2n) is 5.42. The van der Waals surface area contributed by atoms with Gasteiger partial charge in [0.1, 0.15) is 5.82 Å². The fraction of sp³-hybridized carbons (Fsp3) is 0.267. The van der Waals surface area contributed by atoms with Crippen molar-refractivity contribution in [3.63, 3.8) is 0 Å². The van der Waals surface area contributed by atoms with Gasteiger partial charge in [-0.3, -0.25) is 4.68 Å². The Hall–Kier alpha value is -2.84. The van der Waals surface area contributed by atoms with Gasteiger partial charge >= 0.3 is 6.18 Å². The van der Waals surface area contributed by atoms with E-state index in [1.807, 2.05) is 0 Å². The van der Waals surface area contributed by atoms with Crippen LogP contribution in [0, 0.1) is 0 Å². The van der Waals surface area contributed by atoms with Gasteiger partial charge in [0, 0.05) is 7.05 Å². The van der Waals surface area contributed by atoms with Gasteiger partial charge in [-0.25, -0.2) is 0 Å². The van der Waals surface area contributed by atoms with Crippen molar-refractivity contribution in [2.75, 3.05) is 11.1 Å². The highest BCUT2D eigenvalue weighted by atomic mass is 19.4. The highest BCUT2D eigenvalue weighted by molar-refractivity contribution is 5.86. The summed E-state index contributed by atoms with van der Waals surface area (Å²) in [5.41, 5.74) is 6.45. The lowest BCUT2D eigenvalue weighted by Crippen LogP contribution is -2.12. The van der Waals surface area contributed by atoms with E-state index in [0.717, 1.165) is 12.1 Å². The molecule has 0 aliphatic heterocycles. The summed E-state index contributed by atoms with van der Waals surface area (Å²) in [6, 6.07) is 4.65. The zero-order chi connectivity index (χ0) is 17.5. The van der Waals surface area contributed by atoms with E-state index < -0.39 is 11.7 Å². The van der Waals surface area contributed by atoms with Gasteiger partial charge in [-0.2, -0.15) is 28.2 Å². The molecular formula is C15H15F3N6. The SMILES string of the molecule is CC(Nc1nc(N)c2cnn(C)c2n1)c1ccc(C(F)(F)F)cc1. The number of aromatic nitrogens is 4. The molecule has 3 aromatic rings. The van der Waals surface area contributed by atoms with Crippen molar-refractivity contribution in [1.29, 1.82) is 0 Å². The predicted molar refractivity (Wildman–Crippen MR) is 84.2 cm³/mol. The maximum atomic E-state index is 12.6. The van der Waals surface area contributed by atoms with Crippen molar-refractivity contribution in [3.8, 4) is 0 Å². The van der Waals surface area contributed by atoms with E-state index in [1.54, 1.807) is 24.9 Å². The first-order valence-electron chi connectivity index (χ1n) is 7.14. The van der Waals surface area contributed by atoms with E-state index in [2.05, 4.69) is 20.4 Å². The van der Waals surface area contributed by atoms with E-state index in [9.17, 15) is 13.2 Å². The van der Waals surface area contributed by atoms with Gasteiger partial charge in [0.15, 0.2) is 5.65 Å². The smallest absolute Gasteiger partial charge is 0.383 e. The molecular weight excluding hydrogens is 321 g/mol. The van der Waals surface area contributed by atoms with Crippen LogP contribution in [0.2, 0.25) is 0 Å². The molecule has 0 saturated heterocycles. The van der Waals surface area contributed by atoms with Crippen LogP contribution >= 0.6 is 0 Å². The van der Waals surface area contributed by atoms with Gasteiger partial charge in [0.25, 0.3) is 0 Å². The molecule has 1 atom stereocenters. The summed E-state index contributed by atoms with van der Waals surface area (Å²) >= 11 is 0. The summed E-state index contributed by atoms with van der Waals surface area (Å²) in [7, 11) is 1.73. The average molecular weight is 336 g/mol. The Balaban J connectivity index is 1.84. The first-order valence-corrected chi connectivity index (χ1v) is 7.14. The van der Waals surface area contributed by atoms with E-state index in [0.29, 0.717) is 16.6 Å². The maximum absolute atomic E-state index is 12.6. The second-order valence-corrected chi connectivity index (χ2v) is 5.42. The molecule has 126 valence electrons. The Morgan fingerprint density at radius 3 is 2.46 bits per heavy atom. The number of aryl methyl sites for hydroxylation is 1. The Bertz CT molecular complexity index is 869. The Morgan fingerprint density at radius 2 is 1.83 bits per heavy atom. The largest absolute Gasteiger partial charge is 0.416 e. The number of fused-ring (bicyclic) bond motifs is 1. The fourth-order valence-corrected chi connectivity index (χ4v) is 2.35. The molecule has 0 aliphatic carbocycles. The standard InChI is InChI=1S/C15H15F3N6/c1-8(9-3-5-10(6-4-9)15(16,17)18)21-14-22-12(19)11-7-20-24(2)13(11)23-14/h3-8H,1-2H3,(H3,19,21,22,23). The number of alkyl halides is 3. The van der Waals surface area contributed by atoms with Crippen LogP contribution in [0.15, 0.2) is 30.5 Å². The van der Waals surface area contributed by atoms with Gasteiger partial charge in [0.2, 0.25) is 5.95 Å². The molecule has 0 saturated carbocycles. The number of benzene rings is 1. The Labute approximate surface area is 135 Å². The van der Waals surface area contributed by atoms with Gasteiger partial charge < -0.3 is 11.1 Å². The molecule has 0 radical (unpaired) electrons. The quantitative estimate of drug-likeness (QED) is 0.768. The van der Waals surface area contributed by atoms with Crippen LogP contribution in [0.5, 0.6) is 0 Å². The highest BCUT2D eigenvalue weighted by Gasteiger charge is 2.30. The minimum atomic E-state index is -4.35. The first-order chi connectivity index (χ1) is 11.3. The van der Waals surface area contributed by atoms with Crippen LogP contribution < -0.4 is 11.1 Å². The first kappa shape index (κ1) is 16.0. The summed E-state index contributed by atoms with van der Waals surface area (Å²) in [5.74, 6) is 0.575. The van der Waals surface area contributed by atoms with E-state index in [4.69, 9.17) is 5.73 Å². The summed E-state index contributed by atoms with van der Waals surface area (Å²) in [5, 5.41) is 7.75. The minimum Gasteiger partial charge on any atom is -0.383 e. The molecule has 0 bridgehead atoms. The Morgan fingerprint density at radius 1 is 1.17 bits per heavy atom. The number of rotatable bonds is 3. The lowest BCUT2D eigenvalue weighted by Gasteiger charge is -2.15. The molecule has 9 heteroatoms. The molecule has 1 aromatic carbocycles. The van der Waals surface area contributed by atoms with Crippen molar-refractivity contribution >= 4 is 22.8 Å². The molecule has 0 fully saturated rings. The second kappa shape index (κ2) is 5.66. The van der Waals surface area contributed by atoms with Crippen molar-refractivity contribution in [2.45, 2.75) is 19.1 Å². The van der Waals surface area contributed by atoms with Gasteiger partial charge in [-0.05, 0) is 24.6 Å². The van der Waals surface area contributed by atoms with Gasteiger partial charge in [-0.1, -0.05) is 12.1 Å².